The second-order valence-electron chi connectivity index (χ2n) is 8.98. The highest BCUT2D eigenvalue weighted by Gasteiger charge is 2.21. The summed E-state index contributed by atoms with van der Waals surface area (Å²) < 4.78 is 18.0. The van der Waals surface area contributed by atoms with Crippen molar-refractivity contribution in [3.05, 3.63) is 95.1 Å². The Morgan fingerprint density at radius 3 is 2.41 bits per heavy atom. The number of fused-ring (bicyclic) bond motifs is 1. The van der Waals surface area contributed by atoms with Gasteiger partial charge in [0.05, 0.1) is 7.11 Å². The van der Waals surface area contributed by atoms with E-state index in [1.54, 1.807) is 7.11 Å². The molecule has 0 aromatic heterocycles. The van der Waals surface area contributed by atoms with Crippen molar-refractivity contribution in [1.82, 2.24) is 4.90 Å². The molecule has 2 aliphatic rings. The first kappa shape index (κ1) is 22.5. The summed E-state index contributed by atoms with van der Waals surface area (Å²) in [7, 11) is 1.73. The van der Waals surface area contributed by atoms with Crippen molar-refractivity contribution in [2.24, 2.45) is 0 Å². The molecule has 0 saturated carbocycles. The second kappa shape index (κ2) is 10.8. The molecule has 1 aliphatic heterocycles. The molecule has 0 amide bonds. The van der Waals surface area contributed by atoms with E-state index in [0.29, 0.717) is 6.61 Å². The maximum absolute atomic E-state index is 6.15. The number of benzene rings is 3. The van der Waals surface area contributed by atoms with E-state index in [1.807, 2.05) is 24.3 Å². The number of allylic oxidation sites excluding steroid dienone is 1. The molecule has 5 rings (SSSR count). The zero-order chi connectivity index (χ0) is 23.2. The lowest BCUT2D eigenvalue weighted by molar-refractivity contribution is 0.238. The van der Waals surface area contributed by atoms with Gasteiger partial charge in [-0.25, -0.2) is 0 Å². The molecule has 0 bridgehead atoms. The molecule has 1 fully saturated rings. The summed E-state index contributed by atoms with van der Waals surface area (Å²) in [5, 5.41) is 0. The third-order valence-corrected chi connectivity index (χ3v) is 6.74. The van der Waals surface area contributed by atoms with Crippen LogP contribution in [0.3, 0.4) is 0 Å². The first-order valence-corrected chi connectivity index (χ1v) is 12.3. The predicted octanol–water partition coefficient (Wildman–Crippen LogP) is 6.13. The fourth-order valence-corrected chi connectivity index (χ4v) is 4.95. The zero-order valence-electron chi connectivity index (χ0n) is 20.0. The third-order valence-electron chi connectivity index (χ3n) is 6.74. The highest BCUT2D eigenvalue weighted by atomic mass is 16.5. The van der Waals surface area contributed by atoms with Crippen LogP contribution in [0, 0.1) is 0 Å². The Labute approximate surface area is 202 Å². The van der Waals surface area contributed by atoms with E-state index in [1.165, 1.54) is 48.2 Å². The highest BCUT2D eigenvalue weighted by molar-refractivity contribution is 5.84. The SMILES string of the molecule is COc1c(OCc2ccccc2)ccc2c1CCC=C2c1ccc(OCCN2CCCC2)cc1. The van der Waals surface area contributed by atoms with Crippen LogP contribution < -0.4 is 14.2 Å². The number of hydrogen-bond acceptors (Lipinski definition) is 4. The van der Waals surface area contributed by atoms with Gasteiger partial charge >= 0.3 is 0 Å². The molecule has 34 heavy (non-hydrogen) atoms. The molecule has 4 nitrogen and oxygen atoms in total. The van der Waals surface area contributed by atoms with Crippen LogP contribution in [-0.2, 0) is 13.0 Å². The summed E-state index contributed by atoms with van der Waals surface area (Å²) in [5.41, 5.74) is 6.03. The summed E-state index contributed by atoms with van der Waals surface area (Å²) in [4.78, 5) is 2.48. The number of methoxy groups -OCH3 is 1. The zero-order valence-corrected chi connectivity index (χ0v) is 20.0. The van der Waals surface area contributed by atoms with Crippen molar-refractivity contribution in [2.75, 3.05) is 33.4 Å². The molecule has 4 heteroatoms. The lowest BCUT2D eigenvalue weighted by Gasteiger charge is -2.23. The van der Waals surface area contributed by atoms with Gasteiger partial charge in [0.15, 0.2) is 11.5 Å². The number of nitrogens with zero attached hydrogens (tertiary/aromatic N) is 1. The van der Waals surface area contributed by atoms with E-state index in [0.717, 1.165) is 48.8 Å². The van der Waals surface area contributed by atoms with Crippen LogP contribution >= 0.6 is 0 Å². The molecule has 0 spiro atoms. The van der Waals surface area contributed by atoms with Crippen LogP contribution in [-0.4, -0.2) is 38.3 Å². The normalized spacial score (nSPS) is 15.5. The molecule has 0 N–H and O–H groups in total. The molecule has 0 atom stereocenters. The average molecular weight is 456 g/mol. The van der Waals surface area contributed by atoms with Crippen molar-refractivity contribution in [2.45, 2.75) is 32.3 Å². The van der Waals surface area contributed by atoms with E-state index in [-0.39, 0.29) is 0 Å². The molecule has 176 valence electrons. The third kappa shape index (κ3) is 5.13. The largest absolute Gasteiger partial charge is 0.493 e. The van der Waals surface area contributed by atoms with Crippen molar-refractivity contribution >= 4 is 5.57 Å². The van der Waals surface area contributed by atoms with Crippen LogP contribution in [0.25, 0.3) is 5.57 Å². The number of hydrogen-bond donors (Lipinski definition) is 0. The summed E-state index contributed by atoms with van der Waals surface area (Å²) in [6.45, 7) is 4.69. The Kier molecular flexibility index (Phi) is 7.16. The first-order valence-electron chi connectivity index (χ1n) is 12.3. The minimum atomic E-state index is 0.526. The maximum atomic E-state index is 6.15. The summed E-state index contributed by atoms with van der Waals surface area (Å²) in [6, 6.07) is 22.9. The fraction of sp³-hybridized carbons (Fsp3) is 0.333. The quantitative estimate of drug-likeness (QED) is 0.389. The topological polar surface area (TPSA) is 30.9 Å². The van der Waals surface area contributed by atoms with Crippen LogP contribution in [0.15, 0.2) is 72.8 Å². The average Bonchev–Trinajstić information content (AvgIpc) is 3.41. The van der Waals surface area contributed by atoms with E-state index < -0.39 is 0 Å². The summed E-state index contributed by atoms with van der Waals surface area (Å²) in [5.74, 6) is 2.58. The van der Waals surface area contributed by atoms with E-state index in [4.69, 9.17) is 14.2 Å². The Bertz CT molecular complexity index is 1120. The van der Waals surface area contributed by atoms with Crippen LogP contribution in [0.4, 0.5) is 0 Å². The number of rotatable bonds is 9. The maximum Gasteiger partial charge on any atom is 0.164 e. The van der Waals surface area contributed by atoms with Crippen molar-refractivity contribution < 1.29 is 14.2 Å². The van der Waals surface area contributed by atoms with Gasteiger partial charge in [-0.15, -0.1) is 0 Å². The smallest absolute Gasteiger partial charge is 0.164 e. The lowest BCUT2D eigenvalue weighted by atomic mass is 9.86. The molecule has 0 radical (unpaired) electrons. The van der Waals surface area contributed by atoms with Gasteiger partial charge in [0.2, 0.25) is 0 Å². The van der Waals surface area contributed by atoms with Gasteiger partial charge < -0.3 is 14.2 Å². The van der Waals surface area contributed by atoms with E-state index in [9.17, 15) is 0 Å². The van der Waals surface area contributed by atoms with Gasteiger partial charge in [0.25, 0.3) is 0 Å². The monoisotopic (exact) mass is 455 g/mol. The molecular formula is C30H33NO3. The molecule has 3 aromatic rings. The lowest BCUT2D eigenvalue weighted by Crippen LogP contribution is -2.25. The van der Waals surface area contributed by atoms with Gasteiger partial charge in [0.1, 0.15) is 19.0 Å². The van der Waals surface area contributed by atoms with Crippen LogP contribution in [0.2, 0.25) is 0 Å². The van der Waals surface area contributed by atoms with Crippen LogP contribution in [0.1, 0.15) is 41.5 Å². The predicted molar refractivity (Wildman–Crippen MR) is 137 cm³/mol. The Morgan fingerprint density at radius 2 is 1.65 bits per heavy atom. The number of ether oxygens (including phenoxy) is 3. The Balaban J connectivity index is 1.29. The second-order valence-corrected chi connectivity index (χ2v) is 8.98. The molecule has 1 heterocycles. The van der Waals surface area contributed by atoms with Gasteiger partial charge in [-0.05, 0) is 79.2 Å². The van der Waals surface area contributed by atoms with E-state index >= 15 is 0 Å². The van der Waals surface area contributed by atoms with Crippen LogP contribution in [0.5, 0.6) is 17.2 Å². The van der Waals surface area contributed by atoms with Gasteiger partial charge in [-0.3, -0.25) is 4.90 Å². The van der Waals surface area contributed by atoms with Crippen molar-refractivity contribution in [3.63, 3.8) is 0 Å². The molecule has 1 aliphatic carbocycles. The fourth-order valence-electron chi connectivity index (χ4n) is 4.95. The molecule has 3 aromatic carbocycles. The standard InChI is InChI=1S/C30H33NO3/c1-32-30-28-11-7-10-26(27(28)16-17-29(30)34-22-23-8-3-2-4-9-23)24-12-14-25(15-13-24)33-21-20-31-18-5-6-19-31/h2-4,8-10,12-17H,5-7,11,18-22H2,1H3. The van der Waals surface area contributed by atoms with Gasteiger partial charge in [-0.1, -0.05) is 54.6 Å². The molecule has 1 saturated heterocycles. The first-order chi connectivity index (χ1) is 16.8. The van der Waals surface area contributed by atoms with Crippen molar-refractivity contribution in [1.29, 1.82) is 0 Å². The Morgan fingerprint density at radius 1 is 0.853 bits per heavy atom. The molecular weight excluding hydrogens is 422 g/mol. The van der Waals surface area contributed by atoms with Crippen molar-refractivity contribution in [3.8, 4) is 17.2 Å². The van der Waals surface area contributed by atoms with E-state index in [2.05, 4.69) is 53.4 Å². The minimum absolute atomic E-state index is 0.526. The Hall–Kier alpha value is -3.24. The number of likely N-dealkylation sites (tertiary alicyclic amines) is 1. The summed E-state index contributed by atoms with van der Waals surface area (Å²) in [6.07, 6.45) is 6.89. The minimum Gasteiger partial charge on any atom is -0.493 e. The summed E-state index contributed by atoms with van der Waals surface area (Å²) >= 11 is 0. The van der Waals surface area contributed by atoms with Gasteiger partial charge in [-0.2, -0.15) is 0 Å². The highest BCUT2D eigenvalue weighted by Crippen LogP contribution is 2.42. The molecule has 0 unspecified atom stereocenters. The van der Waals surface area contributed by atoms with Gasteiger partial charge in [0, 0.05) is 12.1 Å².